The average Bonchev–Trinajstić information content (AvgIpc) is 3.08. The number of hydrogen-bond acceptors (Lipinski definition) is 4. The SMILES string of the molecule is CCNC(=NCC(=O)Nc1cccc(F)c1)NCCc1ncc(CC)s1. The van der Waals surface area contributed by atoms with E-state index in [0.29, 0.717) is 24.7 Å². The van der Waals surface area contributed by atoms with Crippen molar-refractivity contribution in [1.29, 1.82) is 0 Å². The average molecular weight is 377 g/mol. The van der Waals surface area contributed by atoms with Crippen molar-refractivity contribution in [2.75, 3.05) is 25.0 Å². The Morgan fingerprint density at radius 3 is 2.85 bits per heavy atom. The van der Waals surface area contributed by atoms with Crippen molar-refractivity contribution in [3.63, 3.8) is 0 Å². The number of benzene rings is 1. The lowest BCUT2D eigenvalue weighted by Crippen LogP contribution is -2.39. The lowest BCUT2D eigenvalue weighted by molar-refractivity contribution is -0.114. The number of carbonyl (C=O) groups is 1. The van der Waals surface area contributed by atoms with E-state index in [1.807, 2.05) is 13.1 Å². The molecule has 1 aromatic heterocycles. The number of nitrogens with one attached hydrogen (secondary N) is 3. The van der Waals surface area contributed by atoms with Crippen LogP contribution < -0.4 is 16.0 Å². The van der Waals surface area contributed by atoms with Crippen molar-refractivity contribution in [2.45, 2.75) is 26.7 Å². The third kappa shape index (κ3) is 6.79. The van der Waals surface area contributed by atoms with Gasteiger partial charge in [-0.1, -0.05) is 13.0 Å². The van der Waals surface area contributed by atoms with Gasteiger partial charge in [-0.15, -0.1) is 11.3 Å². The molecule has 0 aliphatic rings. The number of carbonyl (C=O) groups excluding carboxylic acids is 1. The molecule has 6 nitrogen and oxygen atoms in total. The van der Waals surface area contributed by atoms with Crippen LogP contribution >= 0.6 is 11.3 Å². The van der Waals surface area contributed by atoms with Gasteiger partial charge in [0.05, 0.1) is 5.01 Å². The van der Waals surface area contributed by atoms with E-state index in [4.69, 9.17) is 0 Å². The van der Waals surface area contributed by atoms with Gasteiger partial charge in [-0.3, -0.25) is 4.79 Å². The Hall–Kier alpha value is -2.48. The number of aromatic nitrogens is 1. The second kappa shape index (κ2) is 10.5. The van der Waals surface area contributed by atoms with E-state index in [2.05, 4.69) is 32.9 Å². The number of rotatable bonds is 8. The summed E-state index contributed by atoms with van der Waals surface area (Å²) >= 11 is 1.71. The lowest BCUT2D eigenvalue weighted by Gasteiger charge is -2.10. The molecule has 1 heterocycles. The zero-order valence-electron chi connectivity index (χ0n) is 15.0. The maximum Gasteiger partial charge on any atom is 0.246 e. The van der Waals surface area contributed by atoms with E-state index >= 15 is 0 Å². The summed E-state index contributed by atoms with van der Waals surface area (Å²) in [6.45, 7) is 5.38. The minimum atomic E-state index is -0.394. The highest BCUT2D eigenvalue weighted by Crippen LogP contribution is 2.13. The molecule has 2 aromatic rings. The van der Waals surface area contributed by atoms with Crippen LogP contribution in [0.1, 0.15) is 23.7 Å². The number of thiazole rings is 1. The van der Waals surface area contributed by atoms with E-state index in [0.717, 1.165) is 17.8 Å². The van der Waals surface area contributed by atoms with Gasteiger partial charge in [-0.2, -0.15) is 0 Å². The highest BCUT2D eigenvalue weighted by atomic mass is 32.1. The Bertz CT molecular complexity index is 747. The molecule has 3 N–H and O–H groups in total. The van der Waals surface area contributed by atoms with Gasteiger partial charge in [0, 0.05) is 36.3 Å². The number of amides is 1. The van der Waals surface area contributed by atoms with E-state index in [1.165, 1.54) is 17.0 Å². The summed E-state index contributed by atoms with van der Waals surface area (Å²) in [6, 6.07) is 5.77. The number of guanidine groups is 1. The Balaban J connectivity index is 1.81. The van der Waals surface area contributed by atoms with Gasteiger partial charge in [0.15, 0.2) is 5.96 Å². The van der Waals surface area contributed by atoms with E-state index in [-0.39, 0.29) is 12.5 Å². The molecule has 26 heavy (non-hydrogen) atoms. The van der Waals surface area contributed by atoms with Crippen LogP contribution in [0.5, 0.6) is 0 Å². The van der Waals surface area contributed by atoms with Crippen LogP contribution in [-0.4, -0.2) is 36.5 Å². The second-order valence-electron chi connectivity index (χ2n) is 5.50. The standard InChI is InChI=1S/C18H24FN5OS/c1-3-15-11-22-17(26-15)8-9-21-18(20-4-2)23-12-16(25)24-14-7-5-6-13(19)10-14/h5-7,10-11H,3-4,8-9,12H2,1-2H3,(H,24,25)(H2,20,21,23). The maximum absolute atomic E-state index is 13.1. The Morgan fingerprint density at radius 1 is 1.31 bits per heavy atom. The smallest absolute Gasteiger partial charge is 0.246 e. The van der Waals surface area contributed by atoms with Crippen molar-refractivity contribution in [2.24, 2.45) is 4.99 Å². The Kier molecular flexibility index (Phi) is 8.01. The molecule has 2 rings (SSSR count). The number of hydrogen-bond donors (Lipinski definition) is 3. The van der Waals surface area contributed by atoms with Crippen LogP contribution in [0.25, 0.3) is 0 Å². The monoisotopic (exact) mass is 377 g/mol. The largest absolute Gasteiger partial charge is 0.357 e. The van der Waals surface area contributed by atoms with Crippen molar-refractivity contribution < 1.29 is 9.18 Å². The van der Waals surface area contributed by atoms with Crippen LogP contribution in [0.4, 0.5) is 10.1 Å². The first-order chi connectivity index (χ1) is 12.6. The molecule has 0 bridgehead atoms. The summed E-state index contributed by atoms with van der Waals surface area (Å²) in [5.74, 6) is -0.135. The van der Waals surface area contributed by atoms with Gasteiger partial charge in [-0.25, -0.2) is 14.4 Å². The van der Waals surface area contributed by atoms with Crippen molar-refractivity contribution in [3.8, 4) is 0 Å². The molecule has 1 aromatic carbocycles. The van der Waals surface area contributed by atoms with Crippen LogP contribution in [0.3, 0.4) is 0 Å². The van der Waals surface area contributed by atoms with E-state index in [9.17, 15) is 9.18 Å². The zero-order valence-corrected chi connectivity index (χ0v) is 15.8. The summed E-state index contributed by atoms with van der Waals surface area (Å²) in [6.07, 6.45) is 3.70. The molecule has 8 heteroatoms. The molecule has 0 spiro atoms. The summed E-state index contributed by atoms with van der Waals surface area (Å²) in [5, 5.41) is 9.99. The van der Waals surface area contributed by atoms with Crippen LogP contribution in [0, 0.1) is 5.82 Å². The fourth-order valence-corrected chi connectivity index (χ4v) is 3.04. The van der Waals surface area contributed by atoms with Crippen molar-refractivity contribution >= 4 is 28.9 Å². The molecule has 0 saturated heterocycles. The highest BCUT2D eigenvalue weighted by molar-refractivity contribution is 7.11. The minimum Gasteiger partial charge on any atom is -0.357 e. The zero-order chi connectivity index (χ0) is 18.8. The molecule has 0 aliphatic carbocycles. The highest BCUT2D eigenvalue weighted by Gasteiger charge is 2.05. The quantitative estimate of drug-likeness (QED) is 0.488. The van der Waals surface area contributed by atoms with Crippen LogP contribution in [0.15, 0.2) is 35.5 Å². The van der Waals surface area contributed by atoms with Crippen LogP contribution in [0.2, 0.25) is 0 Å². The van der Waals surface area contributed by atoms with Gasteiger partial charge in [0.25, 0.3) is 0 Å². The van der Waals surface area contributed by atoms with Gasteiger partial charge >= 0.3 is 0 Å². The summed E-state index contributed by atoms with van der Waals surface area (Å²) in [4.78, 5) is 21.9. The molecule has 0 fully saturated rings. The summed E-state index contributed by atoms with van der Waals surface area (Å²) in [5.41, 5.74) is 0.415. The normalized spacial score (nSPS) is 11.3. The Labute approximate surface area is 157 Å². The number of halogens is 1. The predicted octanol–water partition coefficient (Wildman–Crippen LogP) is 2.58. The molecular formula is C18H24FN5OS. The van der Waals surface area contributed by atoms with Gasteiger partial charge in [0.2, 0.25) is 5.91 Å². The topological polar surface area (TPSA) is 78.4 Å². The molecule has 1 amide bonds. The third-order valence-electron chi connectivity index (χ3n) is 3.41. The molecule has 0 atom stereocenters. The Morgan fingerprint density at radius 2 is 2.15 bits per heavy atom. The fraction of sp³-hybridized carbons (Fsp3) is 0.389. The first kappa shape index (κ1) is 19.8. The first-order valence-electron chi connectivity index (χ1n) is 8.62. The van der Waals surface area contributed by atoms with Crippen LogP contribution in [-0.2, 0) is 17.6 Å². The second-order valence-corrected chi connectivity index (χ2v) is 6.70. The van der Waals surface area contributed by atoms with E-state index < -0.39 is 5.82 Å². The van der Waals surface area contributed by atoms with Gasteiger partial charge < -0.3 is 16.0 Å². The summed E-state index contributed by atoms with van der Waals surface area (Å²) < 4.78 is 13.1. The number of aryl methyl sites for hydroxylation is 1. The van der Waals surface area contributed by atoms with E-state index in [1.54, 1.807) is 23.5 Å². The summed E-state index contributed by atoms with van der Waals surface area (Å²) in [7, 11) is 0. The molecule has 140 valence electrons. The molecule has 0 saturated carbocycles. The third-order valence-corrected chi connectivity index (χ3v) is 4.62. The fourth-order valence-electron chi connectivity index (χ4n) is 2.17. The van der Waals surface area contributed by atoms with Crippen molar-refractivity contribution in [3.05, 3.63) is 46.2 Å². The number of nitrogens with zero attached hydrogens (tertiary/aromatic N) is 2. The van der Waals surface area contributed by atoms with Gasteiger partial charge in [-0.05, 0) is 31.5 Å². The molecule has 0 radical (unpaired) electrons. The number of aliphatic imine (C=N–C) groups is 1. The molecular weight excluding hydrogens is 353 g/mol. The molecule has 0 unspecified atom stereocenters. The minimum absolute atomic E-state index is 0.0525. The maximum atomic E-state index is 13.1. The number of anilines is 1. The van der Waals surface area contributed by atoms with Crippen molar-refractivity contribution in [1.82, 2.24) is 15.6 Å². The molecule has 0 aliphatic heterocycles. The van der Waals surface area contributed by atoms with Gasteiger partial charge in [0.1, 0.15) is 12.4 Å². The predicted molar refractivity (Wildman–Crippen MR) is 104 cm³/mol. The lowest BCUT2D eigenvalue weighted by atomic mass is 10.3. The first-order valence-corrected chi connectivity index (χ1v) is 9.43.